The number of nitrogens with zero attached hydrogens (tertiary/aromatic N) is 2. The van der Waals surface area contributed by atoms with E-state index in [-0.39, 0.29) is 11.9 Å². The Balaban J connectivity index is 1.75. The van der Waals surface area contributed by atoms with E-state index in [1.165, 1.54) is 17.6 Å². The van der Waals surface area contributed by atoms with E-state index < -0.39 is 9.84 Å². The molecule has 1 unspecified atom stereocenters. The van der Waals surface area contributed by atoms with E-state index in [4.69, 9.17) is 0 Å². The number of benzene rings is 1. The number of carbonyl (C=O) groups excluding carboxylic acids is 1. The van der Waals surface area contributed by atoms with Gasteiger partial charge in [-0.3, -0.25) is 9.69 Å². The summed E-state index contributed by atoms with van der Waals surface area (Å²) in [7, 11) is -3.19. The Kier molecular flexibility index (Phi) is 5.21. The molecular weight excluding hydrogens is 358 g/mol. The van der Waals surface area contributed by atoms with Gasteiger partial charge in [0.15, 0.2) is 9.84 Å². The van der Waals surface area contributed by atoms with E-state index >= 15 is 0 Å². The van der Waals surface area contributed by atoms with Crippen LogP contribution < -0.4 is 5.32 Å². The highest BCUT2D eigenvalue weighted by Crippen LogP contribution is 2.26. The minimum atomic E-state index is -3.19. The number of nitrogens with one attached hydrogen (secondary N) is 1. The molecule has 25 heavy (non-hydrogen) atoms. The predicted octanol–water partition coefficient (Wildman–Crippen LogP) is 1.92. The van der Waals surface area contributed by atoms with Gasteiger partial charge in [-0.25, -0.2) is 13.4 Å². The standard InChI is InChI=1S/C17H21N3O3S2/c1-12-16(21)18-8-3-9-20(12)10-14-11-24-17(19-14)13-4-6-15(7-5-13)25(2,22)23/h4-7,11-12H,3,8-10H2,1-2H3,(H,18,21). The molecule has 8 heteroatoms. The largest absolute Gasteiger partial charge is 0.355 e. The SMILES string of the molecule is CC1C(=O)NCCCN1Cc1csc(-c2ccc(S(C)(=O)=O)cc2)n1. The molecule has 1 aromatic carbocycles. The molecule has 0 radical (unpaired) electrons. The van der Waals surface area contributed by atoms with Crippen molar-refractivity contribution in [2.45, 2.75) is 30.8 Å². The maximum Gasteiger partial charge on any atom is 0.237 e. The lowest BCUT2D eigenvalue weighted by molar-refractivity contribution is -0.125. The van der Waals surface area contributed by atoms with Gasteiger partial charge in [0.05, 0.1) is 16.6 Å². The van der Waals surface area contributed by atoms with E-state index in [9.17, 15) is 13.2 Å². The van der Waals surface area contributed by atoms with Crippen molar-refractivity contribution in [1.29, 1.82) is 0 Å². The molecule has 1 N–H and O–H groups in total. The number of hydrogen-bond donors (Lipinski definition) is 1. The summed E-state index contributed by atoms with van der Waals surface area (Å²) in [6.07, 6.45) is 2.13. The first kappa shape index (κ1) is 18.0. The van der Waals surface area contributed by atoms with Crippen molar-refractivity contribution >= 4 is 27.1 Å². The van der Waals surface area contributed by atoms with E-state index in [0.29, 0.717) is 18.0 Å². The van der Waals surface area contributed by atoms with Crippen molar-refractivity contribution in [3.63, 3.8) is 0 Å². The van der Waals surface area contributed by atoms with Gasteiger partial charge in [-0.15, -0.1) is 11.3 Å². The minimum Gasteiger partial charge on any atom is -0.355 e. The second-order valence-corrected chi connectivity index (χ2v) is 9.11. The summed E-state index contributed by atoms with van der Waals surface area (Å²) in [6.45, 7) is 4.12. The maximum atomic E-state index is 11.9. The summed E-state index contributed by atoms with van der Waals surface area (Å²) in [6, 6.07) is 6.60. The van der Waals surface area contributed by atoms with Gasteiger partial charge in [-0.05, 0) is 25.5 Å². The molecule has 1 aliphatic heterocycles. The highest BCUT2D eigenvalue weighted by Gasteiger charge is 2.24. The normalized spacial score (nSPS) is 19.4. The van der Waals surface area contributed by atoms with Gasteiger partial charge in [0.1, 0.15) is 5.01 Å². The zero-order valence-corrected chi connectivity index (χ0v) is 15.9. The number of rotatable bonds is 4. The van der Waals surface area contributed by atoms with Crippen LogP contribution in [0.3, 0.4) is 0 Å². The van der Waals surface area contributed by atoms with Crippen LogP contribution in [0.15, 0.2) is 34.5 Å². The highest BCUT2D eigenvalue weighted by atomic mass is 32.2. The average molecular weight is 380 g/mol. The fourth-order valence-corrected chi connectivity index (χ4v) is 4.23. The maximum absolute atomic E-state index is 11.9. The first-order valence-corrected chi connectivity index (χ1v) is 10.9. The smallest absolute Gasteiger partial charge is 0.237 e. The number of thiazole rings is 1. The van der Waals surface area contributed by atoms with Crippen LogP contribution >= 0.6 is 11.3 Å². The van der Waals surface area contributed by atoms with Gasteiger partial charge in [-0.1, -0.05) is 12.1 Å². The van der Waals surface area contributed by atoms with Crippen LogP contribution in [0.25, 0.3) is 10.6 Å². The summed E-state index contributed by atoms with van der Waals surface area (Å²) in [5.41, 5.74) is 1.82. The van der Waals surface area contributed by atoms with E-state index in [1.807, 2.05) is 12.3 Å². The van der Waals surface area contributed by atoms with Crippen LogP contribution in [-0.2, 0) is 21.2 Å². The molecule has 0 bridgehead atoms. The van der Waals surface area contributed by atoms with Crippen molar-refractivity contribution in [2.24, 2.45) is 0 Å². The van der Waals surface area contributed by atoms with Crippen LogP contribution in [0, 0.1) is 0 Å². The van der Waals surface area contributed by atoms with Crippen molar-refractivity contribution < 1.29 is 13.2 Å². The number of hydrogen-bond acceptors (Lipinski definition) is 6. The van der Waals surface area contributed by atoms with Crippen molar-refractivity contribution in [2.75, 3.05) is 19.3 Å². The van der Waals surface area contributed by atoms with Crippen LogP contribution in [0.2, 0.25) is 0 Å². The quantitative estimate of drug-likeness (QED) is 0.878. The molecule has 1 aromatic heterocycles. The molecule has 1 saturated heterocycles. The molecule has 1 aliphatic rings. The predicted molar refractivity (Wildman–Crippen MR) is 98.2 cm³/mol. The Morgan fingerprint density at radius 3 is 2.72 bits per heavy atom. The number of aromatic nitrogens is 1. The number of sulfone groups is 1. The Morgan fingerprint density at radius 1 is 1.32 bits per heavy atom. The third-order valence-corrected chi connectivity index (χ3v) is 6.36. The zero-order chi connectivity index (χ0) is 18.0. The summed E-state index contributed by atoms with van der Waals surface area (Å²) in [4.78, 5) is 19.0. The number of carbonyl (C=O) groups is 1. The lowest BCUT2D eigenvalue weighted by Gasteiger charge is -2.24. The lowest BCUT2D eigenvalue weighted by Crippen LogP contribution is -2.41. The molecule has 3 rings (SSSR count). The molecule has 1 amide bonds. The highest BCUT2D eigenvalue weighted by molar-refractivity contribution is 7.90. The lowest BCUT2D eigenvalue weighted by atomic mass is 10.2. The van der Waals surface area contributed by atoms with Crippen LogP contribution in [0.5, 0.6) is 0 Å². The fourth-order valence-electron chi connectivity index (χ4n) is 2.78. The number of amides is 1. The van der Waals surface area contributed by atoms with Gasteiger partial charge in [0.2, 0.25) is 5.91 Å². The van der Waals surface area contributed by atoms with Crippen molar-refractivity contribution in [3.05, 3.63) is 35.3 Å². The van der Waals surface area contributed by atoms with Crippen LogP contribution in [-0.4, -0.2) is 49.6 Å². The monoisotopic (exact) mass is 379 g/mol. The molecule has 2 aromatic rings. The van der Waals surface area contributed by atoms with Crippen molar-refractivity contribution in [3.8, 4) is 10.6 Å². The van der Waals surface area contributed by atoms with Crippen LogP contribution in [0.4, 0.5) is 0 Å². The zero-order valence-electron chi connectivity index (χ0n) is 14.2. The van der Waals surface area contributed by atoms with E-state index in [1.54, 1.807) is 24.3 Å². The summed E-state index contributed by atoms with van der Waals surface area (Å²) in [5, 5.41) is 5.76. The molecule has 0 saturated carbocycles. The molecule has 0 spiro atoms. The molecular formula is C17H21N3O3S2. The van der Waals surface area contributed by atoms with E-state index in [2.05, 4.69) is 15.2 Å². The Hall–Kier alpha value is -1.77. The third-order valence-electron chi connectivity index (χ3n) is 4.29. The van der Waals surface area contributed by atoms with Gasteiger partial charge >= 0.3 is 0 Å². The van der Waals surface area contributed by atoms with Gasteiger partial charge < -0.3 is 5.32 Å². The average Bonchev–Trinajstić information content (AvgIpc) is 2.98. The summed E-state index contributed by atoms with van der Waals surface area (Å²) < 4.78 is 23.1. The topological polar surface area (TPSA) is 79.4 Å². The summed E-state index contributed by atoms with van der Waals surface area (Å²) >= 11 is 1.52. The second kappa shape index (κ2) is 7.23. The molecule has 134 valence electrons. The second-order valence-electron chi connectivity index (χ2n) is 6.23. The summed E-state index contributed by atoms with van der Waals surface area (Å²) in [5.74, 6) is 0.0596. The molecule has 1 fully saturated rings. The Morgan fingerprint density at radius 2 is 2.04 bits per heavy atom. The minimum absolute atomic E-state index is 0.0596. The van der Waals surface area contributed by atoms with E-state index in [0.717, 1.165) is 29.2 Å². The van der Waals surface area contributed by atoms with Gasteiger partial charge in [0.25, 0.3) is 0 Å². The van der Waals surface area contributed by atoms with Crippen molar-refractivity contribution in [1.82, 2.24) is 15.2 Å². The Bertz CT molecular complexity index is 860. The molecule has 1 atom stereocenters. The van der Waals surface area contributed by atoms with Gasteiger partial charge in [-0.2, -0.15) is 0 Å². The molecule has 2 heterocycles. The first-order valence-electron chi connectivity index (χ1n) is 8.11. The molecule has 0 aliphatic carbocycles. The van der Waals surface area contributed by atoms with Crippen LogP contribution in [0.1, 0.15) is 19.0 Å². The third kappa shape index (κ3) is 4.26. The first-order chi connectivity index (χ1) is 11.8. The fraction of sp³-hybridized carbons (Fsp3) is 0.412. The Labute approximate surface area is 151 Å². The van der Waals surface area contributed by atoms with Gasteiger partial charge in [0, 0.05) is 36.8 Å². The molecule has 6 nitrogen and oxygen atoms in total.